The smallest absolute Gasteiger partial charge is 0.407 e. The molecule has 2 rings (SSSR count). The first-order valence-electron chi connectivity index (χ1n) is 7.15. The maximum atomic E-state index is 13.2. The van der Waals surface area contributed by atoms with Crippen molar-refractivity contribution >= 4 is 12.0 Å². The van der Waals surface area contributed by atoms with E-state index in [1.807, 2.05) is 0 Å². The number of nitrogens with zero attached hydrogens (tertiary/aromatic N) is 1. The van der Waals surface area contributed by atoms with Crippen LogP contribution in [0.2, 0.25) is 0 Å². The van der Waals surface area contributed by atoms with Crippen molar-refractivity contribution in [2.45, 2.75) is 31.3 Å². The van der Waals surface area contributed by atoms with Gasteiger partial charge < -0.3 is 21.1 Å². The Morgan fingerprint density at radius 1 is 1.41 bits per heavy atom. The van der Waals surface area contributed by atoms with Crippen molar-refractivity contribution in [1.29, 1.82) is 0 Å². The van der Waals surface area contributed by atoms with Gasteiger partial charge in [-0.05, 0) is 37.5 Å². The minimum Gasteiger partial charge on any atom is -0.465 e. The van der Waals surface area contributed by atoms with Gasteiger partial charge in [0.25, 0.3) is 0 Å². The lowest BCUT2D eigenvalue weighted by Crippen LogP contribution is -2.60. The number of halogens is 1. The second-order valence-electron chi connectivity index (χ2n) is 5.68. The van der Waals surface area contributed by atoms with Crippen LogP contribution in [0, 0.1) is 5.82 Å². The van der Waals surface area contributed by atoms with Gasteiger partial charge in [-0.2, -0.15) is 0 Å². The second kappa shape index (κ2) is 6.31. The van der Waals surface area contributed by atoms with Crippen molar-refractivity contribution in [2.75, 3.05) is 13.1 Å². The van der Waals surface area contributed by atoms with E-state index in [-0.39, 0.29) is 43.7 Å². The summed E-state index contributed by atoms with van der Waals surface area (Å²) < 4.78 is 13.2. The molecule has 22 heavy (non-hydrogen) atoms. The second-order valence-corrected chi connectivity index (χ2v) is 5.68. The topological polar surface area (TPSA) is 95.7 Å². The Bertz CT molecular complexity index is 571. The summed E-state index contributed by atoms with van der Waals surface area (Å²) in [5.41, 5.74) is 5.68. The van der Waals surface area contributed by atoms with Crippen LogP contribution in [0.5, 0.6) is 0 Å². The highest BCUT2D eigenvalue weighted by Gasteiger charge is 2.39. The van der Waals surface area contributed by atoms with Gasteiger partial charge in [0.15, 0.2) is 0 Å². The number of benzene rings is 1. The fraction of sp³-hybridized carbons (Fsp3) is 0.467. The summed E-state index contributed by atoms with van der Waals surface area (Å²) >= 11 is 0. The van der Waals surface area contributed by atoms with Crippen LogP contribution < -0.4 is 11.1 Å². The van der Waals surface area contributed by atoms with E-state index in [1.54, 1.807) is 19.1 Å². The number of amides is 2. The number of hydrogen-bond donors (Lipinski definition) is 3. The highest BCUT2D eigenvalue weighted by molar-refractivity contribution is 5.86. The summed E-state index contributed by atoms with van der Waals surface area (Å²) in [6, 6.07) is 5.63. The molecule has 1 atom stereocenters. The van der Waals surface area contributed by atoms with Gasteiger partial charge in [0.1, 0.15) is 5.82 Å². The largest absolute Gasteiger partial charge is 0.465 e. The molecule has 0 spiro atoms. The molecule has 1 saturated heterocycles. The van der Waals surface area contributed by atoms with E-state index < -0.39 is 11.6 Å². The third-order valence-corrected chi connectivity index (χ3v) is 4.07. The maximum absolute atomic E-state index is 13.2. The molecule has 1 aromatic rings. The number of carboxylic acid groups (broad SMARTS) is 1. The van der Waals surface area contributed by atoms with Gasteiger partial charge in [-0.15, -0.1) is 0 Å². The molecule has 1 fully saturated rings. The van der Waals surface area contributed by atoms with Gasteiger partial charge in [-0.3, -0.25) is 4.79 Å². The Morgan fingerprint density at radius 2 is 2.05 bits per heavy atom. The fourth-order valence-electron chi connectivity index (χ4n) is 2.52. The van der Waals surface area contributed by atoms with Crippen LogP contribution in [0.3, 0.4) is 0 Å². The molecular formula is C15H20FN3O3. The van der Waals surface area contributed by atoms with Crippen LogP contribution in [-0.4, -0.2) is 40.6 Å². The minimum absolute atomic E-state index is 0.230. The van der Waals surface area contributed by atoms with E-state index >= 15 is 0 Å². The molecule has 1 unspecified atom stereocenters. The quantitative estimate of drug-likeness (QED) is 0.788. The van der Waals surface area contributed by atoms with Gasteiger partial charge in [0, 0.05) is 13.1 Å². The highest BCUT2D eigenvalue weighted by atomic mass is 19.1. The molecule has 0 radical (unpaired) electrons. The first kappa shape index (κ1) is 16.2. The molecule has 0 saturated carbocycles. The number of piperidine rings is 1. The van der Waals surface area contributed by atoms with Gasteiger partial charge in [-0.25, -0.2) is 9.18 Å². The molecule has 0 aromatic heterocycles. The number of rotatable bonds is 3. The number of hydrogen-bond acceptors (Lipinski definition) is 3. The molecule has 0 bridgehead atoms. The van der Waals surface area contributed by atoms with Gasteiger partial charge in [-0.1, -0.05) is 12.1 Å². The van der Waals surface area contributed by atoms with Crippen LogP contribution in [-0.2, 0) is 4.79 Å². The molecule has 1 heterocycles. The van der Waals surface area contributed by atoms with E-state index in [2.05, 4.69) is 5.32 Å². The van der Waals surface area contributed by atoms with E-state index in [4.69, 9.17) is 10.8 Å². The fourth-order valence-corrected chi connectivity index (χ4v) is 2.52. The average Bonchev–Trinajstić information content (AvgIpc) is 2.47. The molecular weight excluding hydrogens is 289 g/mol. The van der Waals surface area contributed by atoms with E-state index in [9.17, 15) is 14.0 Å². The summed E-state index contributed by atoms with van der Waals surface area (Å²) in [5.74, 6) is -0.704. The predicted molar refractivity (Wildman–Crippen MR) is 78.7 cm³/mol. The SMILES string of the molecule is CC(NC(=O)C1(N)CCN(C(=O)O)CC1)c1cccc(F)c1. The normalized spacial score (nSPS) is 18.6. The van der Waals surface area contributed by atoms with Gasteiger partial charge >= 0.3 is 6.09 Å². The first-order valence-corrected chi connectivity index (χ1v) is 7.15. The number of likely N-dealkylation sites (tertiary alicyclic amines) is 1. The van der Waals surface area contributed by atoms with Crippen LogP contribution >= 0.6 is 0 Å². The summed E-state index contributed by atoms with van der Waals surface area (Å²) in [5, 5.41) is 11.7. The number of carbonyl (C=O) groups is 2. The number of nitrogens with two attached hydrogens (primary N) is 1. The van der Waals surface area contributed by atoms with E-state index in [0.29, 0.717) is 5.56 Å². The number of carbonyl (C=O) groups excluding carboxylic acids is 1. The zero-order valence-corrected chi connectivity index (χ0v) is 12.4. The van der Waals surface area contributed by atoms with E-state index in [1.165, 1.54) is 17.0 Å². The van der Waals surface area contributed by atoms with Gasteiger partial charge in [0.2, 0.25) is 5.91 Å². The lowest BCUT2D eigenvalue weighted by Gasteiger charge is -2.37. The number of nitrogens with one attached hydrogen (secondary N) is 1. The van der Waals surface area contributed by atoms with Crippen LogP contribution in [0.25, 0.3) is 0 Å². The summed E-state index contributed by atoms with van der Waals surface area (Å²) in [4.78, 5) is 24.5. The third-order valence-electron chi connectivity index (χ3n) is 4.07. The summed E-state index contributed by atoms with van der Waals surface area (Å²) in [6.45, 7) is 2.21. The summed E-state index contributed by atoms with van der Waals surface area (Å²) in [6.07, 6.45) is -0.474. The monoisotopic (exact) mass is 309 g/mol. The molecule has 6 nitrogen and oxygen atoms in total. The Balaban J connectivity index is 1.98. The maximum Gasteiger partial charge on any atom is 0.407 e. The third kappa shape index (κ3) is 3.54. The van der Waals surface area contributed by atoms with Gasteiger partial charge in [0.05, 0.1) is 11.6 Å². The molecule has 2 amide bonds. The predicted octanol–water partition coefficient (Wildman–Crippen LogP) is 1.47. The zero-order valence-electron chi connectivity index (χ0n) is 12.4. The highest BCUT2D eigenvalue weighted by Crippen LogP contribution is 2.22. The van der Waals surface area contributed by atoms with E-state index in [0.717, 1.165) is 0 Å². The first-order chi connectivity index (χ1) is 10.3. The standard InChI is InChI=1S/C15H20FN3O3/c1-10(11-3-2-4-12(16)9-11)18-13(20)15(17)5-7-19(8-6-15)14(21)22/h2-4,9-10H,5-8,17H2,1H3,(H,18,20)(H,21,22). The Hall–Kier alpha value is -2.15. The molecule has 4 N–H and O–H groups in total. The Kier molecular flexibility index (Phi) is 4.65. The lowest BCUT2D eigenvalue weighted by molar-refractivity contribution is -0.128. The Morgan fingerprint density at radius 3 is 2.59 bits per heavy atom. The van der Waals surface area contributed by atoms with Crippen LogP contribution in [0.4, 0.5) is 9.18 Å². The van der Waals surface area contributed by atoms with Crippen LogP contribution in [0.15, 0.2) is 24.3 Å². The van der Waals surface area contributed by atoms with Crippen molar-refractivity contribution in [3.05, 3.63) is 35.6 Å². The minimum atomic E-state index is -1.09. The lowest BCUT2D eigenvalue weighted by atomic mass is 9.87. The molecule has 0 aliphatic carbocycles. The van der Waals surface area contributed by atoms with Crippen LogP contribution in [0.1, 0.15) is 31.4 Å². The Labute approximate surface area is 128 Å². The molecule has 1 aliphatic rings. The molecule has 1 aliphatic heterocycles. The average molecular weight is 309 g/mol. The van der Waals surface area contributed by atoms with Crippen molar-refractivity contribution in [3.8, 4) is 0 Å². The zero-order chi connectivity index (χ0) is 16.3. The molecule has 1 aromatic carbocycles. The van der Waals surface area contributed by atoms with Crippen molar-refractivity contribution in [3.63, 3.8) is 0 Å². The van der Waals surface area contributed by atoms with Crippen molar-refractivity contribution in [1.82, 2.24) is 10.2 Å². The summed E-state index contributed by atoms with van der Waals surface area (Å²) in [7, 11) is 0. The molecule has 120 valence electrons. The van der Waals surface area contributed by atoms with Crippen molar-refractivity contribution < 1.29 is 19.1 Å². The van der Waals surface area contributed by atoms with Crippen molar-refractivity contribution in [2.24, 2.45) is 5.73 Å². The molecule has 7 heteroatoms.